The number of ether oxygens (including phenoxy) is 2. The van der Waals surface area contributed by atoms with Gasteiger partial charge < -0.3 is 14.8 Å². The summed E-state index contributed by atoms with van der Waals surface area (Å²) in [7, 11) is 0. The molecule has 0 aliphatic carbocycles. The molecular formula is C12H25NO2. The van der Waals surface area contributed by atoms with Gasteiger partial charge in [0.15, 0.2) is 0 Å². The van der Waals surface area contributed by atoms with Gasteiger partial charge in [0, 0.05) is 13.2 Å². The lowest BCUT2D eigenvalue weighted by atomic mass is 10.1. The molecule has 0 radical (unpaired) electrons. The largest absolute Gasteiger partial charge is 0.377 e. The summed E-state index contributed by atoms with van der Waals surface area (Å²) in [5.41, 5.74) is 0. The molecule has 1 heterocycles. The molecule has 1 rings (SSSR count). The third kappa shape index (κ3) is 6.88. The minimum atomic E-state index is 0.356. The van der Waals surface area contributed by atoms with Crippen LogP contribution in [0, 0.1) is 0 Å². The highest BCUT2D eigenvalue weighted by molar-refractivity contribution is 4.62. The Balaban J connectivity index is 1.79. The molecule has 0 aromatic heterocycles. The maximum Gasteiger partial charge on any atom is 0.0808 e. The minimum absolute atomic E-state index is 0.356. The van der Waals surface area contributed by atoms with Gasteiger partial charge in [-0.2, -0.15) is 0 Å². The van der Waals surface area contributed by atoms with Crippen molar-refractivity contribution in [3.8, 4) is 0 Å². The molecule has 90 valence electrons. The predicted octanol–water partition coefficient (Wildman–Crippen LogP) is 1.96. The highest BCUT2D eigenvalue weighted by Crippen LogP contribution is 2.12. The van der Waals surface area contributed by atoms with Crippen LogP contribution in [-0.2, 0) is 9.47 Å². The van der Waals surface area contributed by atoms with Gasteiger partial charge >= 0.3 is 0 Å². The van der Waals surface area contributed by atoms with E-state index in [1.54, 1.807) is 0 Å². The van der Waals surface area contributed by atoms with Crippen LogP contribution in [0.25, 0.3) is 0 Å². The van der Waals surface area contributed by atoms with Crippen molar-refractivity contribution < 1.29 is 9.47 Å². The first-order chi connectivity index (χ1) is 7.43. The monoisotopic (exact) mass is 215 g/mol. The third-order valence-corrected chi connectivity index (χ3v) is 2.71. The molecule has 0 saturated carbocycles. The second kappa shape index (κ2) is 9.13. The maximum atomic E-state index is 5.58. The first-order valence-electron chi connectivity index (χ1n) is 6.33. The lowest BCUT2D eigenvalue weighted by Gasteiger charge is -2.22. The average Bonchev–Trinajstić information content (AvgIpc) is 2.29. The maximum absolute atomic E-state index is 5.58. The van der Waals surface area contributed by atoms with Crippen molar-refractivity contribution >= 4 is 0 Å². The van der Waals surface area contributed by atoms with Crippen LogP contribution in [0.3, 0.4) is 0 Å². The summed E-state index contributed by atoms with van der Waals surface area (Å²) >= 11 is 0. The summed E-state index contributed by atoms with van der Waals surface area (Å²) in [5, 5.41) is 3.36. The zero-order valence-corrected chi connectivity index (χ0v) is 9.96. The molecule has 1 atom stereocenters. The second-order valence-corrected chi connectivity index (χ2v) is 4.17. The minimum Gasteiger partial charge on any atom is -0.377 e. The molecule has 0 spiro atoms. The summed E-state index contributed by atoms with van der Waals surface area (Å²) in [6, 6.07) is 0. The van der Waals surface area contributed by atoms with Crippen LogP contribution in [-0.4, -0.2) is 39.0 Å². The van der Waals surface area contributed by atoms with Crippen molar-refractivity contribution in [1.29, 1.82) is 0 Å². The van der Waals surface area contributed by atoms with Gasteiger partial charge in [0.25, 0.3) is 0 Å². The van der Waals surface area contributed by atoms with E-state index in [1.165, 1.54) is 32.1 Å². The quantitative estimate of drug-likeness (QED) is 0.628. The Labute approximate surface area is 93.5 Å². The first kappa shape index (κ1) is 12.9. The van der Waals surface area contributed by atoms with Crippen LogP contribution in [0.15, 0.2) is 0 Å². The molecule has 15 heavy (non-hydrogen) atoms. The second-order valence-electron chi connectivity index (χ2n) is 4.17. The molecule has 3 nitrogen and oxygen atoms in total. The standard InChI is InChI=1S/C12H25NO2/c1-2-3-7-13-8-10-14-11-12-6-4-5-9-15-12/h12-13H,2-11H2,1H3. The lowest BCUT2D eigenvalue weighted by molar-refractivity contribution is -0.0398. The first-order valence-corrected chi connectivity index (χ1v) is 6.33. The summed E-state index contributed by atoms with van der Waals surface area (Å²) in [6.45, 7) is 6.78. The average molecular weight is 215 g/mol. The van der Waals surface area contributed by atoms with E-state index in [0.29, 0.717) is 6.10 Å². The van der Waals surface area contributed by atoms with E-state index >= 15 is 0 Å². The number of rotatable bonds is 8. The van der Waals surface area contributed by atoms with E-state index in [-0.39, 0.29) is 0 Å². The highest BCUT2D eigenvalue weighted by atomic mass is 16.5. The van der Waals surface area contributed by atoms with Crippen LogP contribution in [0.2, 0.25) is 0 Å². The van der Waals surface area contributed by atoms with Gasteiger partial charge in [0.1, 0.15) is 0 Å². The molecule has 0 aromatic rings. The molecule has 0 amide bonds. The molecule has 3 heteroatoms. The number of unbranched alkanes of at least 4 members (excludes halogenated alkanes) is 1. The van der Waals surface area contributed by atoms with Crippen molar-refractivity contribution in [2.24, 2.45) is 0 Å². The fourth-order valence-corrected chi connectivity index (χ4v) is 1.72. The molecule has 1 N–H and O–H groups in total. The van der Waals surface area contributed by atoms with Crippen LogP contribution in [0.4, 0.5) is 0 Å². The Morgan fingerprint density at radius 3 is 3.00 bits per heavy atom. The van der Waals surface area contributed by atoms with Gasteiger partial charge in [0.05, 0.1) is 19.3 Å². The van der Waals surface area contributed by atoms with Crippen molar-refractivity contribution in [3.63, 3.8) is 0 Å². The Kier molecular flexibility index (Phi) is 7.88. The van der Waals surface area contributed by atoms with Crippen LogP contribution in [0.5, 0.6) is 0 Å². The van der Waals surface area contributed by atoms with Gasteiger partial charge in [-0.1, -0.05) is 13.3 Å². The number of hydrogen-bond acceptors (Lipinski definition) is 3. The Morgan fingerprint density at radius 2 is 2.27 bits per heavy atom. The fourth-order valence-electron chi connectivity index (χ4n) is 1.72. The van der Waals surface area contributed by atoms with Gasteiger partial charge in [-0.15, -0.1) is 0 Å². The number of hydrogen-bond donors (Lipinski definition) is 1. The molecular weight excluding hydrogens is 190 g/mol. The SMILES string of the molecule is CCCCNCCOCC1CCCCO1. The molecule has 1 unspecified atom stereocenters. The van der Waals surface area contributed by atoms with Crippen molar-refractivity contribution in [1.82, 2.24) is 5.32 Å². The van der Waals surface area contributed by atoms with E-state index in [0.717, 1.165) is 32.9 Å². The molecule has 1 fully saturated rings. The Morgan fingerprint density at radius 1 is 1.33 bits per heavy atom. The smallest absolute Gasteiger partial charge is 0.0808 e. The van der Waals surface area contributed by atoms with E-state index < -0.39 is 0 Å². The zero-order chi connectivity index (χ0) is 10.8. The third-order valence-electron chi connectivity index (χ3n) is 2.71. The number of nitrogens with one attached hydrogen (secondary N) is 1. The van der Waals surface area contributed by atoms with Gasteiger partial charge in [-0.3, -0.25) is 0 Å². The van der Waals surface area contributed by atoms with Crippen molar-refractivity contribution in [2.45, 2.75) is 45.1 Å². The Hall–Kier alpha value is -0.120. The summed E-state index contributed by atoms with van der Waals surface area (Å²) in [4.78, 5) is 0. The van der Waals surface area contributed by atoms with Crippen LogP contribution in [0.1, 0.15) is 39.0 Å². The molecule has 1 aliphatic rings. The summed E-state index contributed by atoms with van der Waals surface area (Å²) in [6.07, 6.45) is 6.55. The van der Waals surface area contributed by atoms with E-state index in [4.69, 9.17) is 9.47 Å². The topological polar surface area (TPSA) is 30.5 Å². The van der Waals surface area contributed by atoms with Gasteiger partial charge in [-0.25, -0.2) is 0 Å². The predicted molar refractivity (Wildman–Crippen MR) is 62.2 cm³/mol. The van der Waals surface area contributed by atoms with Crippen LogP contribution < -0.4 is 5.32 Å². The van der Waals surface area contributed by atoms with Gasteiger partial charge in [0.2, 0.25) is 0 Å². The van der Waals surface area contributed by atoms with Gasteiger partial charge in [-0.05, 0) is 32.2 Å². The lowest BCUT2D eigenvalue weighted by Crippen LogP contribution is -2.27. The van der Waals surface area contributed by atoms with E-state index in [9.17, 15) is 0 Å². The zero-order valence-electron chi connectivity index (χ0n) is 9.96. The van der Waals surface area contributed by atoms with Crippen LogP contribution >= 0.6 is 0 Å². The Bertz CT molecular complexity index is 136. The fraction of sp³-hybridized carbons (Fsp3) is 1.00. The summed E-state index contributed by atoms with van der Waals surface area (Å²) in [5.74, 6) is 0. The van der Waals surface area contributed by atoms with E-state index in [1.807, 2.05) is 0 Å². The normalized spacial score (nSPS) is 21.8. The molecule has 1 saturated heterocycles. The van der Waals surface area contributed by atoms with Crippen molar-refractivity contribution in [2.75, 3.05) is 32.9 Å². The van der Waals surface area contributed by atoms with E-state index in [2.05, 4.69) is 12.2 Å². The molecule has 0 aromatic carbocycles. The highest BCUT2D eigenvalue weighted by Gasteiger charge is 2.13. The summed E-state index contributed by atoms with van der Waals surface area (Å²) < 4.78 is 11.1. The van der Waals surface area contributed by atoms with Crippen molar-refractivity contribution in [3.05, 3.63) is 0 Å². The molecule has 0 bridgehead atoms. The molecule has 1 aliphatic heterocycles.